The molecule has 1 unspecified atom stereocenters. The SMILES string of the molecule is COc1cc2c(cc1OC)[C@@H]1CC=C[C@H](N(C)C)C1N=C2c1ccc(C(F)(F)F)cc1. The Morgan fingerprint density at radius 2 is 1.65 bits per heavy atom. The van der Waals surface area contributed by atoms with Crippen LogP contribution in [0.5, 0.6) is 11.5 Å². The second-order valence-electron chi connectivity index (χ2n) is 8.06. The minimum absolute atomic E-state index is 0.0529. The Kier molecular flexibility index (Phi) is 5.56. The highest BCUT2D eigenvalue weighted by Gasteiger charge is 2.39. The number of aliphatic imine (C=N–C) groups is 1. The van der Waals surface area contributed by atoms with Crippen LogP contribution < -0.4 is 9.47 Å². The minimum atomic E-state index is -4.38. The molecule has 3 atom stereocenters. The first-order valence-electron chi connectivity index (χ1n) is 10.1. The number of rotatable bonds is 4. The van der Waals surface area contributed by atoms with Gasteiger partial charge in [-0.25, -0.2) is 0 Å². The quantitative estimate of drug-likeness (QED) is 0.646. The van der Waals surface area contributed by atoms with Crippen molar-refractivity contribution in [2.24, 2.45) is 4.99 Å². The van der Waals surface area contributed by atoms with Crippen LogP contribution in [0.15, 0.2) is 53.5 Å². The van der Waals surface area contributed by atoms with Crippen LogP contribution in [-0.4, -0.2) is 51.0 Å². The fourth-order valence-electron chi connectivity index (χ4n) is 4.48. The highest BCUT2D eigenvalue weighted by Crippen LogP contribution is 2.44. The van der Waals surface area contributed by atoms with Crippen LogP contribution in [0.25, 0.3) is 0 Å². The number of likely N-dealkylation sites (N-methyl/N-ethyl adjacent to an activating group) is 1. The summed E-state index contributed by atoms with van der Waals surface area (Å²) in [6, 6.07) is 9.09. The van der Waals surface area contributed by atoms with Gasteiger partial charge in [-0.15, -0.1) is 0 Å². The number of ether oxygens (including phenoxy) is 2. The largest absolute Gasteiger partial charge is 0.493 e. The monoisotopic (exact) mass is 430 g/mol. The molecule has 0 N–H and O–H groups in total. The van der Waals surface area contributed by atoms with E-state index in [4.69, 9.17) is 14.5 Å². The van der Waals surface area contributed by atoms with Crippen LogP contribution in [0.1, 0.15) is 34.6 Å². The molecule has 7 heteroatoms. The highest BCUT2D eigenvalue weighted by molar-refractivity contribution is 6.15. The molecule has 1 aliphatic heterocycles. The molecule has 0 bridgehead atoms. The maximum atomic E-state index is 13.1. The van der Waals surface area contributed by atoms with E-state index in [2.05, 4.69) is 17.1 Å². The molecule has 2 aromatic carbocycles. The molecule has 0 amide bonds. The number of hydrogen-bond donors (Lipinski definition) is 0. The molecule has 0 aromatic heterocycles. The number of fused-ring (bicyclic) bond motifs is 3. The van der Waals surface area contributed by atoms with Gasteiger partial charge in [0.05, 0.1) is 37.6 Å². The second kappa shape index (κ2) is 8.04. The summed E-state index contributed by atoms with van der Waals surface area (Å²) in [5.41, 5.74) is 2.58. The zero-order valence-electron chi connectivity index (χ0n) is 17.9. The first kappa shape index (κ1) is 21.4. The van der Waals surface area contributed by atoms with Gasteiger partial charge in [0.1, 0.15) is 0 Å². The second-order valence-corrected chi connectivity index (χ2v) is 8.06. The van der Waals surface area contributed by atoms with Gasteiger partial charge in [-0.1, -0.05) is 24.3 Å². The van der Waals surface area contributed by atoms with E-state index in [0.717, 1.165) is 29.7 Å². The van der Waals surface area contributed by atoms with Gasteiger partial charge in [0.25, 0.3) is 0 Å². The van der Waals surface area contributed by atoms with Crippen molar-refractivity contribution in [2.45, 2.75) is 30.6 Å². The summed E-state index contributed by atoms with van der Waals surface area (Å²) in [6.45, 7) is 0. The Hall–Kier alpha value is -2.80. The third kappa shape index (κ3) is 3.83. The number of benzene rings is 2. The van der Waals surface area contributed by atoms with Crippen LogP contribution in [0.3, 0.4) is 0 Å². The van der Waals surface area contributed by atoms with Gasteiger partial charge < -0.3 is 14.4 Å². The normalized spacial score (nSPS) is 22.6. The molecule has 0 radical (unpaired) electrons. The van der Waals surface area contributed by atoms with E-state index in [1.165, 1.54) is 12.1 Å². The number of halogens is 3. The van der Waals surface area contributed by atoms with E-state index in [1.807, 2.05) is 26.2 Å². The fraction of sp³-hybridized carbons (Fsp3) is 0.375. The maximum Gasteiger partial charge on any atom is 0.416 e. The van der Waals surface area contributed by atoms with Crippen molar-refractivity contribution in [3.63, 3.8) is 0 Å². The van der Waals surface area contributed by atoms with Crippen LogP contribution >= 0.6 is 0 Å². The first-order valence-corrected chi connectivity index (χ1v) is 10.1. The van der Waals surface area contributed by atoms with Gasteiger partial charge in [0, 0.05) is 17.0 Å². The standard InChI is InChI=1S/C24H25F3N2O2/c1-29(2)19-7-5-6-16-17-12-20(30-3)21(31-4)13-18(17)22(28-23(16)19)14-8-10-15(11-9-14)24(25,26)27/h5,7-13,16,19,23H,6H2,1-4H3/t16-,19-,23?/m0/s1. The zero-order valence-corrected chi connectivity index (χ0v) is 17.9. The molecule has 2 aromatic rings. The molecular formula is C24H25F3N2O2. The number of allylic oxidation sites excluding steroid dienone is 1. The van der Waals surface area contributed by atoms with E-state index < -0.39 is 11.7 Å². The van der Waals surface area contributed by atoms with Gasteiger partial charge in [0.2, 0.25) is 0 Å². The topological polar surface area (TPSA) is 34.1 Å². The predicted molar refractivity (Wildman–Crippen MR) is 114 cm³/mol. The Morgan fingerprint density at radius 3 is 2.23 bits per heavy atom. The summed E-state index contributed by atoms with van der Waals surface area (Å²) in [7, 11) is 7.18. The molecule has 0 fully saturated rings. The molecule has 4 rings (SSSR count). The smallest absolute Gasteiger partial charge is 0.416 e. The van der Waals surface area contributed by atoms with E-state index in [-0.39, 0.29) is 18.0 Å². The molecule has 31 heavy (non-hydrogen) atoms. The van der Waals surface area contributed by atoms with Gasteiger partial charge >= 0.3 is 6.18 Å². The Bertz CT molecular complexity index is 1030. The lowest BCUT2D eigenvalue weighted by molar-refractivity contribution is -0.137. The highest BCUT2D eigenvalue weighted by atomic mass is 19.4. The van der Waals surface area contributed by atoms with Gasteiger partial charge in [0.15, 0.2) is 11.5 Å². The van der Waals surface area contributed by atoms with E-state index >= 15 is 0 Å². The van der Waals surface area contributed by atoms with Crippen LogP contribution in [0.4, 0.5) is 13.2 Å². The summed E-state index contributed by atoms with van der Waals surface area (Å²) >= 11 is 0. The van der Waals surface area contributed by atoms with E-state index in [1.54, 1.807) is 14.2 Å². The van der Waals surface area contributed by atoms with Crippen LogP contribution in [-0.2, 0) is 6.18 Å². The summed E-state index contributed by atoms with van der Waals surface area (Å²) in [4.78, 5) is 7.20. The molecule has 0 spiro atoms. The molecule has 4 nitrogen and oxygen atoms in total. The zero-order chi connectivity index (χ0) is 22.3. The average molecular weight is 430 g/mol. The van der Waals surface area contributed by atoms with Gasteiger partial charge in [-0.3, -0.25) is 4.99 Å². The minimum Gasteiger partial charge on any atom is -0.493 e. The average Bonchev–Trinajstić information content (AvgIpc) is 2.76. The summed E-state index contributed by atoms with van der Waals surface area (Å²) in [6.07, 6.45) is 0.781. The molecule has 164 valence electrons. The number of alkyl halides is 3. The first-order chi connectivity index (χ1) is 14.7. The summed E-state index contributed by atoms with van der Waals surface area (Å²) in [5, 5.41) is 0. The van der Waals surface area contributed by atoms with Crippen molar-refractivity contribution in [3.05, 3.63) is 70.8 Å². The lowest BCUT2D eigenvalue weighted by atomic mass is 9.75. The van der Waals surface area contributed by atoms with Crippen molar-refractivity contribution in [3.8, 4) is 11.5 Å². The van der Waals surface area contributed by atoms with Gasteiger partial charge in [-0.2, -0.15) is 13.2 Å². The molecule has 2 aliphatic rings. The molecular weight excluding hydrogens is 405 g/mol. The van der Waals surface area contributed by atoms with Crippen molar-refractivity contribution in [1.82, 2.24) is 4.90 Å². The Balaban J connectivity index is 1.90. The van der Waals surface area contributed by atoms with Crippen molar-refractivity contribution >= 4 is 5.71 Å². The van der Waals surface area contributed by atoms with Crippen LogP contribution in [0.2, 0.25) is 0 Å². The number of hydrogen-bond acceptors (Lipinski definition) is 4. The van der Waals surface area contributed by atoms with Gasteiger partial charge in [-0.05, 0) is 50.3 Å². The Labute approximate surface area is 180 Å². The summed E-state index contributed by atoms with van der Waals surface area (Å²) in [5.74, 6) is 1.34. The lowest BCUT2D eigenvalue weighted by Crippen LogP contribution is -2.44. The third-order valence-corrected chi connectivity index (χ3v) is 6.06. The third-order valence-electron chi connectivity index (χ3n) is 6.06. The van der Waals surface area contributed by atoms with Crippen molar-refractivity contribution < 1.29 is 22.6 Å². The van der Waals surface area contributed by atoms with Crippen LogP contribution in [0, 0.1) is 0 Å². The van der Waals surface area contributed by atoms with E-state index in [9.17, 15) is 13.2 Å². The lowest BCUT2D eigenvalue weighted by Gasteiger charge is -2.40. The Morgan fingerprint density at radius 1 is 1.00 bits per heavy atom. The van der Waals surface area contributed by atoms with Crippen molar-refractivity contribution in [2.75, 3.05) is 28.3 Å². The van der Waals surface area contributed by atoms with Crippen molar-refractivity contribution in [1.29, 1.82) is 0 Å². The number of methoxy groups -OCH3 is 2. The molecule has 0 saturated carbocycles. The summed E-state index contributed by atoms with van der Waals surface area (Å²) < 4.78 is 50.2. The molecule has 0 saturated heterocycles. The predicted octanol–water partition coefficient (Wildman–Crippen LogP) is 4.92. The maximum absolute atomic E-state index is 13.1. The fourth-order valence-corrected chi connectivity index (χ4v) is 4.48. The number of nitrogens with zero attached hydrogens (tertiary/aromatic N) is 2. The molecule has 1 heterocycles. The van der Waals surface area contributed by atoms with E-state index in [0.29, 0.717) is 22.8 Å². The molecule has 1 aliphatic carbocycles.